The number of carboxylic acid groups (broad SMARTS) is 1. The van der Waals surface area contributed by atoms with Crippen molar-refractivity contribution in [2.24, 2.45) is 5.41 Å². The van der Waals surface area contributed by atoms with Crippen molar-refractivity contribution in [2.75, 3.05) is 19.7 Å². The van der Waals surface area contributed by atoms with Gasteiger partial charge in [-0.05, 0) is 45.6 Å². The second-order valence-corrected chi connectivity index (χ2v) is 6.02. The van der Waals surface area contributed by atoms with Gasteiger partial charge in [-0.15, -0.1) is 0 Å². The standard InChI is InChI=1S/C14H25NO3/c1-3-12-9-11(5-8-18-12)15-7-4-6-14(2,10-15)13(16)17/h11-12H,3-10H2,1-2H3,(H,16,17). The predicted octanol–water partition coefficient (Wildman–Crippen LogP) is 2.13. The molecule has 0 aromatic carbocycles. The lowest BCUT2D eigenvalue weighted by Gasteiger charge is -2.44. The van der Waals surface area contributed by atoms with Gasteiger partial charge in [-0.25, -0.2) is 0 Å². The van der Waals surface area contributed by atoms with Crippen LogP contribution in [0.1, 0.15) is 46.0 Å². The number of hydrogen-bond donors (Lipinski definition) is 1. The summed E-state index contributed by atoms with van der Waals surface area (Å²) in [6, 6.07) is 0.516. The highest BCUT2D eigenvalue weighted by Gasteiger charge is 2.40. The number of rotatable bonds is 3. The zero-order chi connectivity index (χ0) is 13.2. The molecule has 0 radical (unpaired) electrons. The van der Waals surface area contributed by atoms with Gasteiger partial charge in [0, 0.05) is 19.2 Å². The van der Waals surface area contributed by atoms with E-state index in [2.05, 4.69) is 11.8 Å². The van der Waals surface area contributed by atoms with E-state index in [-0.39, 0.29) is 0 Å². The highest BCUT2D eigenvalue weighted by molar-refractivity contribution is 5.74. The van der Waals surface area contributed by atoms with Gasteiger partial charge in [-0.3, -0.25) is 9.69 Å². The number of aliphatic carboxylic acids is 1. The molecule has 0 aromatic heterocycles. The third kappa shape index (κ3) is 2.86. The average Bonchev–Trinajstić information content (AvgIpc) is 2.39. The van der Waals surface area contributed by atoms with Crippen molar-refractivity contribution in [3.05, 3.63) is 0 Å². The highest BCUT2D eigenvalue weighted by atomic mass is 16.5. The lowest BCUT2D eigenvalue weighted by molar-refractivity contribution is -0.152. The van der Waals surface area contributed by atoms with Crippen LogP contribution in [-0.2, 0) is 9.53 Å². The van der Waals surface area contributed by atoms with Gasteiger partial charge < -0.3 is 9.84 Å². The fraction of sp³-hybridized carbons (Fsp3) is 0.929. The number of nitrogens with zero attached hydrogens (tertiary/aromatic N) is 1. The maximum Gasteiger partial charge on any atom is 0.310 e. The fourth-order valence-electron chi connectivity index (χ4n) is 3.24. The first-order chi connectivity index (χ1) is 8.55. The van der Waals surface area contributed by atoms with Crippen LogP contribution < -0.4 is 0 Å². The van der Waals surface area contributed by atoms with E-state index in [4.69, 9.17) is 4.74 Å². The van der Waals surface area contributed by atoms with Crippen molar-refractivity contribution in [3.8, 4) is 0 Å². The summed E-state index contributed by atoms with van der Waals surface area (Å²) in [6.07, 6.45) is 5.33. The van der Waals surface area contributed by atoms with E-state index in [0.717, 1.165) is 45.3 Å². The third-order valence-electron chi connectivity index (χ3n) is 4.55. The van der Waals surface area contributed by atoms with Gasteiger partial charge in [0.15, 0.2) is 0 Å². The monoisotopic (exact) mass is 255 g/mol. The normalized spacial score (nSPS) is 38.6. The molecular weight excluding hydrogens is 230 g/mol. The number of likely N-dealkylation sites (tertiary alicyclic amines) is 1. The second-order valence-electron chi connectivity index (χ2n) is 6.02. The molecule has 4 heteroatoms. The molecule has 2 aliphatic heterocycles. The van der Waals surface area contributed by atoms with Gasteiger partial charge in [0.25, 0.3) is 0 Å². The second kappa shape index (κ2) is 5.57. The van der Waals surface area contributed by atoms with E-state index in [1.54, 1.807) is 0 Å². The number of carboxylic acids is 1. The van der Waals surface area contributed by atoms with Crippen LogP contribution in [0, 0.1) is 5.41 Å². The van der Waals surface area contributed by atoms with Crippen LogP contribution >= 0.6 is 0 Å². The summed E-state index contributed by atoms with van der Waals surface area (Å²) >= 11 is 0. The van der Waals surface area contributed by atoms with Crippen molar-refractivity contribution in [2.45, 2.75) is 58.1 Å². The molecule has 2 saturated heterocycles. The molecule has 0 spiro atoms. The van der Waals surface area contributed by atoms with Crippen LogP contribution in [0.2, 0.25) is 0 Å². The molecule has 0 amide bonds. The summed E-state index contributed by atoms with van der Waals surface area (Å²) in [6.45, 7) is 6.61. The highest BCUT2D eigenvalue weighted by Crippen LogP contribution is 2.33. The van der Waals surface area contributed by atoms with Gasteiger partial charge in [-0.2, -0.15) is 0 Å². The van der Waals surface area contributed by atoms with Gasteiger partial charge in [0.05, 0.1) is 11.5 Å². The summed E-state index contributed by atoms with van der Waals surface area (Å²) in [7, 11) is 0. The Morgan fingerprint density at radius 3 is 3.00 bits per heavy atom. The molecule has 0 aliphatic carbocycles. The van der Waals surface area contributed by atoms with Gasteiger partial charge in [-0.1, -0.05) is 6.92 Å². The minimum atomic E-state index is -0.647. The molecule has 0 aromatic rings. The van der Waals surface area contributed by atoms with Crippen LogP contribution in [-0.4, -0.2) is 47.8 Å². The van der Waals surface area contributed by atoms with Gasteiger partial charge >= 0.3 is 5.97 Å². The molecule has 3 atom stereocenters. The van der Waals surface area contributed by atoms with Crippen LogP contribution in [0.15, 0.2) is 0 Å². The number of carbonyl (C=O) groups is 1. The largest absolute Gasteiger partial charge is 0.481 e. The molecule has 2 fully saturated rings. The molecule has 4 nitrogen and oxygen atoms in total. The third-order valence-corrected chi connectivity index (χ3v) is 4.55. The van der Waals surface area contributed by atoms with Crippen molar-refractivity contribution in [3.63, 3.8) is 0 Å². The summed E-state index contributed by atoms with van der Waals surface area (Å²) < 4.78 is 5.70. The minimum absolute atomic E-state index is 0.363. The molecule has 0 bridgehead atoms. The Kier molecular flexibility index (Phi) is 4.28. The predicted molar refractivity (Wildman–Crippen MR) is 69.6 cm³/mol. The maximum absolute atomic E-state index is 11.4. The van der Waals surface area contributed by atoms with Crippen LogP contribution in [0.3, 0.4) is 0 Å². The summed E-state index contributed by atoms with van der Waals surface area (Å²) in [4.78, 5) is 13.8. The SMILES string of the molecule is CCC1CC(N2CCCC(C)(C(=O)O)C2)CCO1. The number of piperidine rings is 1. The Bertz CT molecular complexity index is 307. The van der Waals surface area contributed by atoms with Crippen molar-refractivity contribution in [1.82, 2.24) is 4.90 Å². The zero-order valence-corrected chi connectivity index (χ0v) is 11.5. The van der Waals surface area contributed by atoms with E-state index < -0.39 is 11.4 Å². The Morgan fingerprint density at radius 1 is 1.56 bits per heavy atom. The molecular formula is C14H25NO3. The summed E-state index contributed by atoms with van der Waals surface area (Å²) in [5, 5.41) is 9.36. The summed E-state index contributed by atoms with van der Waals surface area (Å²) in [5.41, 5.74) is -0.557. The van der Waals surface area contributed by atoms with Crippen LogP contribution in [0.4, 0.5) is 0 Å². The molecule has 3 unspecified atom stereocenters. The van der Waals surface area contributed by atoms with Gasteiger partial charge in [0.2, 0.25) is 0 Å². The van der Waals surface area contributed by atoms with E-state index in [0.29, 0.717) is 18.7 Å². The first-order valence-corrected chi connectivity index (χ1v) is 7.14. The molecule has 104 valence electrons. The maximum atomic E-state index is 11.4. The number of ether oxygens (including phenoxy) is 1. The van der Waals surface area contributed by atoms with E-state index in [9.17, 15) is 9.90 Å². The van der Waals surface area contributed by atoms with Crippen molar-refractivity contribution >= 4 is 5.97 Å². The molecule has 1 N–H and O–H groups in total. The van der Waals surface area contributed by atoms with E-state index in [1.807, 2.05) is 6.92 Å². The summed E-state index contributed by atoms with van der Waals surface area (Å²) in [5.74, 6) is -0.647. The van der Waals surface area contributed by atoms with E-state index in [1.165, 1.54) is 0 Å². The molecule has 2 aliphatic rings. The first kappa shape index (κ1) is 13.8. The lowest BCUT2D eigenvalue weighted by Crippen LogP contribution is -2.52. The Hall–Kier alpha value is -0.610. The Morgan fingerprint density at radius 2 is 2.33 bits per heavy atom. The van der Waals surface area contributed by atoms with E-state index >= 15 is 0 Å². The first-order valence-electron chi connectivity index (χ1n) is 7.14. The smallest absolute Gasteiger partial charge is 0.310 e. The lowest BCUT2D eigenvalue weighted by atomic mass is 9.81. The Labute approximate surface area is 109 Å². The minimum Gasteiger partial charge on any atom is -0.481 e. The fourth-order valence-corrected chi connectivity index (χ4v) is 3.24. The van der Waals surface area contributed by atoms with Crippen molar-refractivity contribution in [1.29, 1.82) is 0 Å². The molecule has 18 heavy (non-hydrogen) atoms. The van der Waals surface area contributed by atoms with Gasteiger partial charge in [0.1, 0.15) is 0 Å². The quantitative estimate of drug-likeness (QED) is 0.839. The zero-order valence-electron chi connectivity index (χ0n) is 11.5. The molecule has 2 rings (SSSR count). The average molecular weight is 255 g/mol. The topological polar surface area (TPSA) is 49.8 Å². The molecule has 0 saturated carbocycles. The van der Waals surface area contributed by atoms with Crippen LogP contribution in [0.25, 0.3) is 0 Å². The number of hydrogen-bond acceptors (Lipinski definition) is 3. The van der Waals surface area contributed by atoms with Crippen LogP contribution in [0.5, 0.6) is 0 Å². The van der Waals surface area contributed by atoms with Crippen molar-refractivity contribution < 1.29 is 14.6 Å². The molecule has 2 heterocycles. The Balaban J connectivity index is 1.98.